The summed E-state index contributed by atoms with van der Waals surface area (Å²) in [5, 5.41) is 13.1. The van der Waals surface area contributed by atoms with Crippen molar-refractivity contribution in [2.45, 2.75) is 38.8 Å². The average molecular weight is 468 g/mol. The van der Waals surface area contributed by atoms with E-state index in [0.717, 1.165) is 11.1 Å². The average Bonchev–Trinajstić information content (AvgIpc) is 3.16. The van der Waals surface area contributed by atoms with E-state index in [0.29, 0.717) is 24.3 Å². The number of nitrogens with one attached hydrogen (secondary N) is 3. The molecule has 1 saturated heterocycles. The highest BCUT2D eigenvalue weighted by Gasteiger charge is 2.34. The second-order valence-corrected chi connectivity index (χ2v) is 8.29. The molecular formula is C25H29N3O6. The fourth-order valence-corrected chi connectivity index (χ4v) is 3.62. The molecule has 0 radical (unpaired) electrons. The highest BCUT2D eigenvalue weighted by Crippen LogP contribution is 2.24. The molecule has 0 aliphatic carbocycles. The molecule has 2 atom stereocenters. The number of hydrogen-bond acceptors (Lipinski definition) is 7. The van der Waals surface area contributed by atoms with Gasteiger partial charge in [0, 0.05) is 5.56 Å². The lowest BCUT2D eigenvalue weighted by atomic mass is 10.0. The van der Waals surface area contributed by atoms with Crippen LogP contribution in [-0.4, -0.2) is 49.7 Å². The summed E-state index contributed by atoms with van der Waals surface area (Å²) in [6.45, 7) is 3.87. The van der Waals surface area contributed by atoms with Crippen LogP contribution in [0, 0.1) is 11.3 Å². The minimum Gasteiger partial charge on any atom is -0.491 e. The molecule has 3 N–H and O–H groups in total. The molecule has 9 nitrogen and oxygen atoms in total. The first-order chi connectivity index (χ1) is 16.2. The first kappa shape index (κ1) is 24.8. The van der Waals surface area contributed by atoms with Crippen molar-refractivity contribution in [1.29, 1.82) is 5.41 Å². The van der Waals surface area contributed by atoms with E-state index in [4.69, 9.17) is 14.9 Å². The molecular weight excluding hydrogens is 438 g/mol. The number of amidine groups is 1. The van der Waals surface area contributed by atoms with Crippen molar-refractivity contribution in [3.63, 3.8) is 0 Å². The number of hydrogen-bond donors (Lipinski definition) is 3. The molecule has 3 rings (SSSR count). The van der Waals surface area contributed by atoms with E-state index in [1.54, 1.807) is 26.0 Å². The number of benzene rings is 2. The van der Waals surface area contributed by atoms with Gasteiger partial charge in [-0.05, 0) is 43.5 Å². The van der Waals surface area contributed by atoms with Crippen LogP contribution in [0.3, 0.4) is 0 Å². The Morgan fingerprint density at radius 1 is 1.09 bits per heavy atom. The van der Waals surface area contributed by atoms with Crippen molar-refractivity contribution < 1.29 is 28.6 Å². The van der Waals surface area contributed by atoms with Gasteiger partial charge in [-0.3, -0.25) is 20.3 Å². The molecule has 180 valence electrons. The lowest BCUT2D eigenvalue weighted by Crippen LogP contribution is -2.31. The van der Waals surface area contributed by atoms with Gasteiger partial charge in [0.05, 0.1) is 31.6 Å². The maximum absolute atomic E-state index is 12.1. The van der Waals surface area contributed by atoms with Gasteiger partial charge in [0.2, 0.25) is 5.91 Å². The molecule has 0 spiro atoms. The van der Waals surface area contributed by atoms with Crippen molar-refractivity contribution in [3.8, 4) is 16.9 Å². The van der Waals surface area contributed by atoms with Crippen molar-refractivity contribution >= 4 is 23.8 Å². The first-order valence-electron chi connectivity index (χ1n) is 11.0. The smallest absolute Gasteiger partial charge is 0.412 e. The van der Waals surface area contributed by atoms with Crippen molar-refractivity contribution in [3.05, 3.63) is 54.1 Å². The number of methoxy groups -OCH3 is 1. The van der Waals surface area contributed by atoms with Gasteiger partial charge >= 0.3 is 12.1 Å². The zero-order valence-corrected chi connectivity index (χ0v) is 19.4. The van der Waals surface area contributed by atoms with Crippen LogP contribution < -0.4 is 15.4 Å². The number of carbonyl (C=O) groups excluding carboxylic acids is 3. The zero-order chi connectivity index (χ0) is 24.7. The second kappa shape index (κ2) is 11.3. The van der Waals surface area contributed by atoms with Crippen LogP contribution in [0.1, 0.15) is 32.3 Å². The summed E-state index contributed by atoms with van der Waals surface area (Å²) in [5.74, 6) is -0.282. The quantitative estimate of drug-likeness (QED) is 0.311. The molecule has 1 heterocycles. The fraction of sp³-hybridized carbons (Fsp3) is 0.360. The van der Waals surface area contributed by atoms with Gasteiger partial charge in [-0.1, -0.05) is 36.4 Å². The van der Waals surface area contributed by atoms with E-state index in [1.165, 1.54) is 7.11 Å². The normalized spacial score (nSPS) is 17.1. The zero-order valence-electron chi connectivity index (χ0n) is 19.4. The Hall–Kier alpha value is -3.88. The lowest BCUT2D eigenvalue weighted by Gasteiger charge is -2.13. The van der Waals surface area contributed by atoms with Gasteiger partial charge in [-0.25, -0.2) is 4.79 Å². The third-order valence-electron chi connectivity index (χ3n) is 5.29. The molecule has 2 amide bonds. The molecule has 0 bridgehead atoms. The highest BCUT2D eigenvalue weighted by molar-refractivity contribution is 6.04. The molecule has 2 aromatic carbocycles. The first-order valence-corrected chi connectivity index (χ1v) is 11.0. The number of ether oxygens (including phenoxy) is 3. The van der Waals surface area contributed by atoms with Crippen LogP contribution in [0.15, 0.2) is 48.5 Å². The van der Waals surface area contributed by atoms with Gasteiger partial charge in [0.25, 0.3) is 0 Å². The summed E-state index contributed by atoms with van der Waals surface area (Å²) in [6, 6.07) is 14.6. The Morgan fingerprint density at radius 2 is 1.71 bits per heavy atom. The number of carbonyl (C=O) groups is 3. The van der Waals surface area contributed by atoms with Crippen molar-refractivity contribution in [2.75, 3.05) is 13.7 Å². The maximum atomic E-state index is 12.1. The molecule has 9 heteroatoms. The Morgan fingerprint density at radius 3 is 2.29 bits per heavy atom. The molecule has 0 aromatic heterocycles. The summed E-state index contributed by atoms with van der Waals surface area (Å²) < 4.78 is 15.5. The van der Waals surface area contributed by atoms with E-state index in [-0.39, 0.29) is 36.3 Å². The fourth-order valence-electron chi connectivity index (χ4n) is 3.62. The third-order valence-corrected chi connectivity index (χ3v) is 5.29. The lowest BCUT2D eigenvalue weighted by molar-refractivity contribution is -0.149. The number of alkyl carbamates (subject to hydrolysis) is 1. The Bertz CT molecular complexity index is 1030. The predicted octanol–water partition coefficient (Wildman–Crippen LogP) is 3.26. The summed E-state index contributed by atoms with van der Waals surface area (Å²) in [4.78, 5) is 35.2. The van der Waals surface area contributed by atoms with Gasteiger partial charge in [0.15, 0.2) is 0 Å². The molecule has 34 heavy (non-hydrogen) atoms. The summed E-state index contributed by atoms with van der Waals surface area (Å²) in [5.41, 5.74) is 2.47. The SMILES string of the molecule is COC(=O)NC(=N)c1ccc(-c2ccc(OC[C@@H]3C[C@@H](CC(=O)OC(C)C)C(=O)N3)cc2)cc1. The predicted molar refractivity (Wildman–Crippen MR) is 126 cm³/mol. The number of esters is 1. The van der Waals surface area contributed by atoms with Gasteiger partial charge in [-0.2, -0.15) is 0 Å². The Kier molecular flexibility index (Phi) is 8.24. The minimum atomic E-state index is -0.689. The van der Waals surface area contributed by atoms with E-state index in [9.17, 15) is 14.4 Å². The third kappa shape index (κ3) is 6.81. The Balaban J connectivity index is 1.50. The summed E-state index contributed by atoms with van der Waals surface area (Å²) >= 11 is 0. The molecule has 0 saturated carbocycles. The van der Waals surface area contributed by atoms with Crippen LogP contribution in [0.25, 0.3) is 11.1 Å². The van der Waals surface area contributed by atoms with E-state index in [1.807, 2.05) is 36.4 Å². The van der Waals surface area contributed by atoms with Gasteiger partial charge in [0.1, 0.15) is 18.2 Å². The van der Waals surface area contributed by atoms with Crippen LogP contribution in [0.2, 0.25) is 0 Å². The number of rotatable bonds is 8. The monoisotopic (exact) mass is 467 g/mol. The van der Waals surface area contributed by atoms with Crippen LogP contribution in [-0.2, 0) is 19.1 Å². The van der Waals surface area contributed by atoms with Crippen LogP contribution in [0.5, 0.6) is 5.75 Å². The van der Waals surface area contributed by atoms with Crippen molar-refractivity contribution in [2.24, 2.45) is 5.92 Å². The second-order valence-electron chi connectivity index (χ2n) is 8.29. The van der Waals surface area contributed by atoms with E-state index in [2.05, 4.69) is 15.4 Å². The largest absolute Gasteiger partial charge is 0.491 e. The van der Waals surface area contributed by atoms with E-state index < -0.39 is 12.0 Å². The Labute approximate surface area is 198 Å². The summed E-state index contributed by atoms with van der Waals surface area (Å²) in [7, 11) is 1.24. The molecule has 0 unspecified atom stereocenters. The van der Waals surface area contributed by atoms with Crippen LogP contribution in [0.4, 0.5) is 4.79 Å². The summed E-state index contributed by atoms with van der Waals surface area (Å²) in [6.07, 6.45) is -0.289. The molecule has 2 aromatic rings. The van der Waals surface area contributed by atoms with Crippen molar-refractivity contribution in [1.82, 2.24) is 10.6 Å². The number of amides is 2. The standard InChI is InChI=1S/C25H29N3O6/c1-15(2)34-22(29)13-19-12-20(27-24(19)30)14-33-21-10-8-17(9-11-21)16-4-6-18(7-5-16)23(26)28-25(31)32-3/h4-11,15,19-20H,12-14H2,1-3H3,(H,27,30)(H2,26,28,31)/t19-,20-/m0/s1. The van der Waals surface area contributed by atoms with E-state index >= 15 is 0 Å². The molecule has 1 aliphatic rings. The molecule has 1 aliphatic heterocycles. The van der Waals surface area contributed by atoms with Gasteiger partial charge < -0.3 is 19.5 Å². The molecule has 1 fully saturated rings. The van der Waals surface area contributed by atoms with Gasteiger partial charge in [-0.15, -0.1) is 0 Å². The van der Waals surface area contributed by atoms with Crippen LogP contribution >= 0.6 is 0 Å². The maximum Gasteiger partial charge on any atom is 0.412 e. The highest BCUT2D eigenvalue weighted by atomic mass is 16.5. The minimum absolute atomic E-state index is 0.0415. The topological polar surface area (TPSA) is 127 Å².